The van der Waals surface area contributed by atoms with E-state index in [0.29, 0.717) is 0 Å². The van der Waals surface area contributed by atoms with Crippen LogP contribution >= 0.6 is 0 Å². The van der Waals surface area contributed by atoms with Gasteiger partial charge in [0, 0.05) is 30.5 Å². The maximum Gasteiger partial charge on any atom is 0.211 e. The van der Waals surface area contributed by atoms with E-state index in [9.17, 15) is 0 Å². The molecular weight excluding hydrogens is 266 g/mol. The van der Waals surface area contributed by atoms with Gasteiger partial charge in [-0.05, 0) is 30.7 Å². The number of guanidine groups is 1. The summed E-state index contributed by atoms with van der Waals surface area (Å²) in [5, 5.41) is 8.02. The van der Waals surface area contributed by atoms with Crippen LogP contribution in [0.5, 0.6) is 0 Å². The Morgan fingerprint density at radius 2 is 2.19 bits per heavy atom. The third kappa shape index (κ3) is 2.65. The predicted molar refractivity (Wildman–Crippen MR) is 81.1 cm³/mol. The van der Waals surface area contributed by atoms with Crippen LogP contribution < -0.4 is 11.5 Å². The Hall–Kier alpha value is -2.63. The van der Waals surface area contributed by atoms with Gasteiger partial charge in [-0.1, -0.05) is 0 Å². The van der Waals surface area contributed by atoms with Crippen LogP contribution in [0.25, 0.3) is 0 Å². The molecule has 0 saturated carbocycles. The van der Waals surface area contributed by atoms with Crippen molar-refractivity contribution in [2.45, 2.75) is 25.7 Å². The normalized spacial score (nSPS) is 19.3. The summed E-state index contributed by atoms with van der Waals surface area (Å²) in [6, 6.07) is 5.84. The van der Waals surface area contributed by atoms with Crippen molar-refractivity contribution in [3.8, 4) is 0 Å². The van der Waals surface area contributed by atoms with E-state index in [-0.39, 0.29) is 11.9 Å². The molecule has 0 saturated heterocycles. The SMILES string of the molecule is Cc1ccnc2c1C(=NN=C(N)N)CC(c1ccco1)C2. The molecule has 0 spiro atoms. The topological polar surface area (TPSA) is 103 Å². The van der Waals surface area contributed by atoms with Gasteiger partial charge in [0.05, 0.1) is 17.7 Å². The molecule has 0 fully saturated rings. The van der Waals surface area contributed by atoms with Gasteiger partial charge < -0.3 is 15.9 Å². The fourth-order valence-electron chi connectivity index (χ4n) is 2.74. The fraction of sp³-hybridized carbons (Fsp3) is 0.267. The van der Waals surface area contributed by atoms with E-state index in [4.69, 9.17) is 15.9 Å². The lowest BCUT2D eigenvalue weighted by Crippen LogP contribution is -2.24. The van der Waals surface area contributed by atoms with Crippen LogP contribution in [0.1, 0.15) is 34.9 Å². The number of hydrogen-bond donors (Lipinski definition) is 2. The second kappa shape index (κ2) is 5.40. The van der Waals surface area contributed by atoms with Gasteiger partial charge >= 0.3 is 0 Å². The molecule has 1 aliphatic rings. The second-order valence-electron chi connectivity index (χ2n) is 5.14. The van der Waals surface area contributed by atoms with Gasteiger partial charge in [0.1, 0.15) is 5.76 Å². The van der Waals surface area contributed by atoms with E-state index in [1.807, 2.05) is 31.3 Å². The minimum absolute atomic E-state index is 0.0503. The van der Waals surface area contributed by atoms with Crippen LogP contribution in [0.15, 0.2) is 45.3 Å². The first-order chi connectivity index (χ1) is 10.1. The van der Waals surface area contributed by atoms with Gasteiger partial charge in [0.15, 0.2) is 0 Å². The fourth-order valence-corrected chi connectivity index (χ4v) is 2.74. The van der Waals surface area contributed by atoms with Crippen molar-refractivity contribution in [3.63, 3.8) is 0 Å². The first kappa shape index (κ1) is 13.4. The van der Waals surface area contributed by atoms with Gasteiger partial charge in [-0.15, -0.1) is 5.10 Å². The van der Waals surface area contributed by atoms with Gasteiger partial charge in [0.2, 0.25) is 5.96 Å². The summed E-state index contributed by atoms with van der Waals surface area (Å²) in [5.74, 6) is 1.09. The summed E-state index contributed by atoms with van der Waals surface area (Å²) in [6.07, 6.45) is 5.05. The van der Waals surface area contributed by atoms with Crippen LogP contribution in [-0.4, -0.2) is 16.7 Å². The third-order valence-corrected chi connectivity index (χ3v) is 3.64. The lowest BCUT2D eigenvalue weighted by molar-refractivity contribution is 0.458. The van der Waals surface area contributed by atoms with E-state index < -0.39 is 0 Å². The maximum absolute atomic E-state index is 5.52. The highest BCUT2D eigenvalue weighted by molar-refractivity contribution is 6.04. The molecule has 1 unspecified atom stereocenters. The molecule has 108 valence electrons. The van der Waals surface area contributed by atoms with Crippen molar-refractivity contribution in [2.75, 3.05) is 0 Å². The molecule has 21 heavy (non-hydrogen) atoms. The number of nitrogens with zero attached hydrogens (tertiary/aromatic N) is 3. The number of aryl methyl sites for hydroxylation is 1. The van der Waals surface area contributed by atoms with Crippen LogP contribution in [0.4, 0.5) is 0 Å². The minimum Gasteiger partial charge on any atom is -0.469 e. The number of nitrogens with two attached hydrogens (primary N) is 2. The molecule has 3 rings (SSSR count). The van der Waals surface area contributed by atoms with Crippen molar-refractivity contribution in [3.05, 3.63) is 53.2 Å². The Labute approximate surface area is 122 Å². The molecule has 1 aliphatic carbocycles. The number of furan rings is 1. The molecule has 0 aliphatic heterocycles. The Morgan fingerprint density at radius 1 is 1.33 bits per heavy atom. The number of aromatic nitrogens is 1. The standard InChI is InChI=1S/C15H17N5O/c1-9-4-5-18-11-7-10(13-3-2-6-21-13)8-12(14(9)11)19-20-15(16)17/h2-6,10H,7-8H2,1H3,(H4,16,17,20). The third-order valence-electron chi connectivity index (χ3n) is 3.64. The van der Waals surface area contributed by atoms with E-state index in [1.165, 1.54) is 0 Å². The molecule has 1 atom stereocenters. The van der Waals surface area contributed by atoms with Gasteiger partial charge in [-0.25, -0.2) is 0 Å². The molecule has 0 bridgehead atoms. The summed E-state index contributed by atoms with van der Waals surface area (Å²) in [5.41, 5.74) is 14.8. The van der Waals surface area contributed by atoms with Gasteiger partial charge in [0.25, 0.3) is 0 Å². The molecule has 0 radical (unpaired) electrons. The summed E-state index contributed by atoms with van der Waals surface area (Å²) < 4.78 is 5.52. The Kier molecular flexibility index (Phi) is 3.43. The van der Waals surface area contributed by atoms with Crippen LogP contribution in [0.2, 0.25) is 0 Å². The van der Waals surface area contributed by atoms with E-state index in [0.717, 1.165) is 41.1 Å². The monoisotopic (exact) mass is 283 g/mol. The van der Waals surface area contributed by atoms with E-state index >= 15 is 0 Å². The van der Waals surface area contributed by atoms with Crippen LogP contribution in [0, 0.1) is 6.92 Å². The second-order valence-corrected chi connectivity index (χ2v) is 5.14. The van der Waals surface area contributed by atoms with E-state index in [1.54, 1.807) is 6.26 Å². The van der Waals surface area contributed by atoms with Crippen molar-refractivity contribution < 1.29 is 4.42 Å². The van der Waals surface area contributed by atoms with E-state index in [2.05, 4.69) is 15.2 Å². The summed E-state index contributed by atoms with van der Waals surface area (Å²) in [7, 11) is 0. The number of pyridine rings is 1. The lowest BCUT2D eigenvalue weighted by atomic mass is 9.82. The predicted octanol–water partition coefficient (Wildman–Crippen LogP) is 1.69. The molecule has 2 aromatic rings. The highest BCUT2D eigenvalue weighted by atomic mass is 16.3. The van der Waals surface area contributed by atoms with Crippen LogP contribution in [-0.2, 0) is 6.42 Å². The highest BCUT2D eigenvalue weighted by Gasteiger charge is 2.28. The Bertz CT molecular complexity index is 699. The molecule has 2 aromatic heterocycles. The molecule has 0 aromatic carbocycles. The average Bonchev–Trinajstić information content (AvgIpc) is 2.98. The summed E-state index contributed by atoms with van der Waals surface area (Å²) >= 11 is 0. The molecule has 6 nitrogen and oxygen atoms in total. The highest BCUT2D eigenvalue weighted by Crippen LogP contribution is 2.33. The minimum atomic E-state index is -0.0503. The quantitative estimate of drug-likeness (QED) is 0.497. The molecular formula is C15H17N5O. The molecule has 0 amide bonds. The molecule has 6 heteroatoms. The zero-order valence-electron chi connectivity index (χ0n) is 11.8. The van der Waals surface area contributed by atoms with Gasteiger partial charge in [-0.3, -0.25) is 4.98 Å². The van der Waals surface area contributed by atoms with Gasteiger partial charge in [-0.2, -0.15) is 5.10 Å². The summed E-state index contributed by atoms with van der Waals surface area (Å²) in [4.78, 5) is 4.48. The van der Waals surface area contributed by atoms with Crippen molar-refractivity contribution in [1.82, 2.24) is 4.98 Å². The lowest BCUT2D eigenvalue weighted by Gasteiger charge is -2.24. The number of hydrogen-bond acceptors (Lipinski definition) is 4. The molecule has 2 heterocycles. The zero-order chi connectivity index (χ0) is 14.8. The largest absolute Gasteiger partial charge is 0.469 e. The number of rotatable bonds is 2. The van der Waals surface area contributed by atoms with Crippen molar-refractivity contribution >= 4 is 11.7 Å². The number of fused-ring (bicyclic) bond motifs is 1. The zero-order valence-corrected chi connectivity index (χ0v) is 11.8. The molecule has 4 N–H and O–H groups in total. The first-order valence-corrected chi connectivity index (χ1v) is 6.79. The summed E-state index contributed by atoms with van der Waals surface area (Å²) in [6.45, 7) is 2.04. The van der Waals surface area contributed by atoms with Crippen LogP contribution in [0.3, 0.4) is 0 Å². The smallest absolute Gasteiger partial charge is 0.211 e. The first-order valence-electron chi connectivity index (χ1n) is 6.79. The van der Waals surface area contributed by atoms with Crippen molar-refractivity contribution in [1.29, 1.82) is 0 Å². The maximum atomic E-state index is 5.52. The Morgan fingerprint density at radius 3 is 2.90 bits per heavy atom. The van der Waals surface area contributed by atoms with Crippen molar-refractivity contribution in [2.24, 2.45) is 21.7 Å². The Balaban J connectivity index is 2.06. The average molecular weight is 283 g/mol.